The average molecular weight is 793 g/mol. The third kappa shape index (κ3) is 8.86. The molecule has 11 nitrogen and oxygen atoms in total. The van der Waals surface area contributed by atoms with Gasteiger partial charge in [0.2, 0.25) is 5.79 Å². The first kappa shape index (κ1) is 45.6. The van der Waals surface area contributed by atoms with Gasteiger partial charge in [0.15, 0.2) is 11.9 Å². The Morgan fingerprint density at radius 3 is 2.25 bits per heavy atom. The molecule has 2 N–H and O–H groups in total. The Bertz CT molecular complexity index is 1370. The molecule has 0 aromatic heterocycles. The first-order valence-corrected chi connectivity index (χ1v) is 22.0. The van der Waals surface area contributed by atoms with E-state index in [1.54, 1.807) is 7.11 Å². The van der Waals surface area contributed by atoms with Gasteiger partial charge in [-0.05, 0) is 95.6 Å². The van der Waals surface area contributed by atoms with E-state index >= 15 is 0 Å². The predicted octanol–water partition coefficient (Wildman–Crippen LogP) is 7.32. The van der Waals surface area contributed by atoms with Crippen LogP contribution >= 0.6 is 0 Å². The van der Waals surface area contributed by atoms with Crippen LogP contribution in [0.2, 0.25) is 0 Å². The number of hydrogen-bond acceptors (Lipinski definition) is 11. The molecule has 5 rings (SSSR count). The summed E-state index contributed by atoms with van der Waals surface area (Å²) >= 11 is 0. The van der Waals surface area contributed by atoms with E-state index < -0.39 is 58.9 Å². The van der Waals surface area contributed by atoms with Gasteiger partial charge in [0, 0.05) is 50.0 Å². The largest absolute Gasteiger partial charge is 0.453 e. The van der Waals surface area contributed by atoms with Gasteiger partial charge in [-0.2, -0.15) is 0 Å². The number of aliphatic hydroxyl groups excluding tert-OH is 1. The number of ether oxygens (including phenoxy) is 7. The summed E-state index contributed by atoms with van der Waals surface area (Å²) in [5.74, 6) is -3.97. The fraction of sp³-hybridized carbons (Fsp3) is 0.911. The number of ketones is 1. The first-order chi connectivity index (χ1) is 26.3. The van der Waals surface area contributed by atoms with Crippen molar-refractivity contribution in [2.45, 2.75) is 206 Å². The number of Topliss-reactive ketones (excluding diaryl/α,β-unsaturated/α-hetero) is 1. The SMILES string of the molecule is CC[C@@H](COC)[C@H]1CC[C@H](C)[C@H]([C@@H](C)[C@H](O)[C@H](C)C(=O)[C@H](CC)[C@H]2O[C@]3(C=C[C@@H](OC(C)=O)[C@]4(CC[C@@](C)([C@H]5CC[C@](O)(CC)[C@H](C)O5)O4)O3)[C@H](C)C[C@@H]2C)O1. The molecule has 2 spiro atoms. The fourth-order valence-electron chi connectivity index (χ4n) is 10.9. The van der Waals surface area contributed by atoms with Crippen molar-refractivity contribution in [2.24, 2.45) is 41.4 Å². The minimum atomic E-state index is -1.35. The Balaban J connectivity index is 1.35. The van der Waals surface area contributed by atoms with Crippen LogP contribution < -0.4 is 0 Å². The first-order valence-electron chi connectivity index (χ1n) is 22.0. The molecule has 5 heterocycles. The quantitative estimate of drug-likeness (QED) is 0.135. The Morgan fingerprint density at radius 2 is 1.64 bits per heavy atom. The zero-order chi connectivity index (χ0) is 41.4. The van der Waals surface area contributed by atoms with Crippen molar-refractivity contribution in [3.8, 4) is 0 Å². The topological polar surface area (TPSA) is 139 Å². The summed E-state index contributed by atoms with van der Waals surface area (Å²) in [6.45, 7) is 22.4. The van der Waals surface area contributed by atoms with Crippen molar-refractivity contribution in [3.05, 3.63) is 12.2 Å². The Hall–Kier alpha value is -1.44. The number of carbonyl (C=O) groups excluding carboxylic acids is 2. The maximum absolute atomic E-state index is 14.6. The second kappa shape index (κ2) is 18.0. The van der Waals surface area contributed by atoms with E-state index in [1.807, 2.05) is 53.7 Å². The molecule has 0 amide bonds. The van der Waals surface area contributed by atoms with E-state index in [9.17, 15) is 19.8 Å². The minimum absolute atomic E-state index is 0.0215. The standard InChI is InChI=1S/C45H76O11/c1-13-33(25-50-12)35-17-16-26(4)40(53-35)30(8)38(47)29(7)39(48)34(14-2)41-27(5)24-28(6)44(54-41)21-19-37(52-32(10)46)45(56-44)23-22-42(11,55-45)36-18-20-43(49,15-3)31(9)51-36/h19,21,26-31,33-38,40-41,47,49H,13-18,20,22-25H2,1-12H3/t26-,27-,28+,29-,30-,31-,33-,34-,35+,36+,37+,38+,40+,41-,42-,43+,44-,45-/m0/s1. The third-order valence-electron chi connectivity index (χ3n) is 14.9. The number of esters is 1. The van der Waals surface area contributed by atoms with Crippen LogP contribution in [0.1, 0.15) is 140 Å². The van der Waals surface area contributed by atoms with Crippen LogP contribution in [-0.4, -0.2) is 101 Å². The molecule has 5 aliphatic heterocycles. The lowest BCUT2D eigenvalue weighted by molar-refractivity contribution is -0.409. The molecule has 0 aliphatic carbocycles. The highest BCUT2D eigenvalue weighted by Gasteiger charge is 2.64. The Kier molecular flexibility index (Phi) is 14.7. The van der Waals surface area contributed by atoms with Gasteiger partial charge in [0.25, 0.3) is 0 Å². The highest BCUT2D eigenvalue weighted by Crippen LogP contribution is 2.54. The molecule has 5 aliphatic rings. The van der Waals surface area contributed by atoms with Gasteiger partial charge in [-0.25, -0.2) is 0 Å². The molecule has 0 radical (unpaired) electrons. The predicted molar refractivity (Wildman–Crippen MR) is 212 cm³/mol. The van der Waals surface area contributed by atoms with Crippen LogP contribution in [0, 0.1) is 41.4 Å². The molecule has 0 bridgehead atoms. The van der Waals surface area contributed by atoms with Crippen molar-refractivity contribution >= 4 is 11.8 Å². The normalized spacial score (nSPS) is 44.3. The average Bonchev–Trinajstić information content (AvgIpc) is 3.51. The molecule has 4 saturated heterocycles. The van der Waals surface area contributed by atoms with Gasteiger partial charge in [-0.1, -0.05) is 55.4 Å². The zero-order valence-corrected chi connectivity index (χ0v) is 36.6. The van der Waals surface area contributed by atoms with Gasteiger partial charge < -0.3 is 43.4 Å². The molecule has 4 fully saturated rings. The van der Waals surface area contributed by atoms with E-state index in [0.717, 1.165) is 25.7 Å². The van der Waals surface area contributed by atoms with E-state index in [2.05, 4.69) is 27.7 Å². The maximum atomic E-state index is 14.6. The van der Waals surface area contributed by atoms with Gasteiger partial charge in [0.05, 0.1) is 54.4 Å². The summed E-state index contributed by atoms with van der Waals surface area (Å²) in [5, 5.41) is 23.0. The van der Waals surface area contributed by atoms with Crippen molar-refractivity contribution in [1.29, 1.82) is 0 Å². The molecule has 0 unspecified atom stereocenters. The highest BCUT2D eigenvalue weighted by atomic mass is 16.8. The van der Waals surface area contributed by atoms with Crippen molar-refractivity contribution < 1.29 is 53.0 Å². The second-order valence-corrected chi connectivity index (χ2v) is 18.8. The van der Waals surface area contributed by atoms with Crippen molar-refractivity contribution in [2.75, 3.05) is 13.7 Å². The molecule has 0 aromatic rings. The molecule has 0 aromatic carbocycles. The molecule has 0 saturated carbocycles. The molecule has 56 heavy (non-hydrogen) atoms. The number of carbonyl (C=O) groups is 2. The zero-order valence-electron chi connectivity index (χ0n) is 36.6. The summed E-state index contributed by atoms with van der Waals surface area (Å²) in [6.07, 6.45) is 7.76. The van der Waals surface area contributed by atoms with Gasteiger partial charge in [0.1, 0.15) is 5.78 Å². The Labute approximate surface area is 337 Å². The number of methoxy groups -OCH3 is 1. The molecule has 322 valence electrons. The van der Waals surface area contributed by atoms with E-state index in [0.29, 0.717) is 45.1 Å². The molecule has 11 heteroatoms. The second-order valence-electron chi connectivity index (χ2n) is 18.8. The van der Waals surface area contributed by atoms with Crippen molar-refractivity contribution in [3.63, 3.8) is 0 Å². The van der Waals surface area contributed by atoms with Gasteiger partial charge >= 0.3 is 5.97 Å². The van der Waals surface area contributed by atoms with Crippen LogP contribution in [0.5, 0.6) is 0 Å². The number of aliphatic hydroxyl groups is 2. The fourth-order valence-corrected chi connectivity index (χ4v) is 10.9. The van der Waals surface area contributed by atoms with Crippen LogP contribution in [0.3, 0.4) is 0 Å². The van der Waals surface area contributed by atoms with Crippen LogP contribution in [0.15, 0.2) is 12.2 Å². The monoisotopic (exact) mass is 793 g/mol. The molecule has 18 atom stereocenters. The van der Waals surface area contributed by atoms with Crippen LogP contribution in [0.25, 0.3) is 0 Å². The van der Waals surface area contributed by atoms with Crippen LogP contribution in [0.4, 0.5) is 0 Å². The van der Waals surface area contributed by atoms with Crippen molar-refractivity contribution in [1.82, 2.24) is 0 Å². The molecular weight excluding hydrogens is 716 g/mol. The lowest BCUT2D eigenvalue weighted by Gasteiger charge is -2.54. The summed E-state index contributed by atoms with van der Waals surface area (Å²) in [4.78, 5) is 27.0. The van der Waals surface area contributed by atoms with E-state index in [1.165, 1.54) is 6.92 Å². The lowest BCUT2D eigenvalue weighted by Crippen LogP contribution is -2.63. The van der Waals surface area contributed by atoms with Gasteiger partial charge in [-0.15, -0.1) is 0 Å². The highest BCUT2D eigenvalue weighted by molar-refractivity contribution is 5.84. The number of hydrogen-bond donors (Lipinski definition) is 2. The van der Waals surface area contributed by atoms with E-state index in [-0.39, 0.29) is 59.8 Å². The lowest BCUT2D eigenvalue weighted by atomic mass is 9.72. The minimum Gasteiger partial charge on any atom is -0.453 e. The third-order valence-corrected chi connectivity index (χ3v) is 14.9. The Morgan fingerprint density at radius 1 is 0.929 bits per heavy atom. The maximum Gasteiger partial charge on any atom is 0.303 e. The smallest absolute Gasteiger partial charge is 0.303 e. The number of rotatable bonds is 14. The summed E-state index contributed by atoms with van der Waals surface area (Å²) in [7, 11) is 1.73. The summed E-state index contributed by atoms with van der Waals surface area (Å²) in [5.41, 5.74) is -1.66. The summed E-state index contributed by atoms with van der Waals surface area (Å²) < 4.78 is 45.8. The van der Waals surface area contributed by atoms with E-state index in [4.69, 9.17) is 33.2 Å². The molecular formula is C45H76O11. The van der Waals surface area contributed by atoms with Crippen LogP contribution in [-0.2, 0) is 42.7 Å². The summed E-state index contributed by atoms with van der Waals surface area (Å²) in [6, 6.07) is 0. The van der Waals surface area contributed by atoms with Gasteiger partial charge in [-0.3, -0.25) is 9.59 Å².